The van der Waals surface area contributed by atoms with E-state index >= 15 is 4.39 Å². The lowest BCUT2D eigenvalue weighted by Gasteiger charge is -2.18. The Hall–Kier alpha value is -3.03. The monoisotopic (exact) mass is 470 g/mol. The lowest BCUT2D eigenvalue weighted by molar-refractivity contribution is 0.575. The molecule has 35 heavy (non-hydrogen) atoms. The van der Waals surface area contributed by atoms with Crippen LogP contribution < -0.4 is 16.0 Å². The number of benzene rings is 2. The molecule has 0 radical (unpaired) electrons. The van der Waals surface area contributed by atoms with E-state index in [4.69, 9.17) is 4.98 Å². The number of aryl methyl sites for hydroxylation is 2. The van der Waals surface area contributed by atoms with Crippen molar-refractivity contribution in [2.24, 2.45) is 4.99 Å². The van der Waals surface area contributed by atoms with Crippen LogP contribution in [-0.4, -0.2) is 41.5 Å². The van der Waals surface area contributed by atoms with Gasteiger partial charge < -0.3 is 20.9 Å². The minimum Gasteiger partial charge on any atom is -0.364 e. The summed E-state index contributed by atoms with van der Waals surface area (Å²) in [5, 5.41) is 10.5. The molecular weight excluding hydrogens is 439 g/mol. The van der Waals surface area contributed by atoms with E-state index in [0.29, 0.717) is 24.2 Å². The molecule has 7 rings (SSSR count). The summed E-state index contributed by atoms with van der Waals surface area (Å²) in [6.45, 7) is 2.68. The van der Waals surface area contributed by atoms with E-state index in [1.54, 1.807) is 6.07 Å². The predicted molar refractivity (Wildman–Crippen MR) is 136 cm³/mol. The second kappa shape index (κ2) is 8.57. The number of aromatic nitrogens is 2. The van der Waals surface area contributed by atoms with Crippen LogP contribution in [0.4, 0.5) is 4.39 Å². The highest BCUT2D eigenvalue weighted by Gasteiger charge is 2.29. The van der Waals surface area contributed by atoms with Crippen molar-refractivity contribution in [3.63, 3.8) is 0 Å². The Balaban J connectivity index is 1.12. The number of hydrogen-bond acceptors (Lipinski definition) is 5. The molecule has 2 aromatic carbocycles. The van der Waals surface area contributed by atoms with Crippen molar-refractivity contribution in [1.29, 1.82) is 0 Å². The highest BCUT2D eigenvalue weighted by atomic mass is 19.1. The number of halogens is 1. The van der Waals surface area contributed by atoms with Crippen LogP contribution in [0.15, 0.2) is 41.4 Å². The van der Waals surface area contributed by atoms with Crippen LogP contribution >= 0.6 is 0 Å². The topological polar surface area (TPSA) is 77.1 Å². The molecule has 0 bridgehead atoms. The zero-order chi connectivity index (χ0) is 23.4. The molecule has 2 unspecified atom stereocenters. The summed E-state index contributed by atoms with van der Waals surface area (Å²) in [7, 11) is 0. The van der Waals surface area contributed by atoms with Gasteiger partial charge in [-0.05, 0) is 74.4 Å². The van der Waals surface area contributed by atoms with E-state index in [2.05, 4.69) is 44.1 Å². The van der Waals surface area contributed by atoms with Gasteiger partial charge in [-0.1, -0.05) is 30.3 Å². The van der Waals surface area contributed by atoms with Crippen LogP contribution in [0.2, 0.25) is 0 Å². The molecule has 6 nitrogen and oxygen atoms in total. The second-order valence-electron chi connectivity index (χ2n) is 10.3. The molecule has 7 heteroatoms. The quantitative estimate of drug-likeness (QED) is 0.461. The van der Waals surface area contributed by atoms with Gasteiger partial charge in [-0.25, -0.2) is 9.37 Å². The number of aromatic amines is 1. The predicted octanol–water partition coefficient (Wildman–Crippen LogP) is 4.20. The Morgan fingerprint density at radius 2 is 1.66 bits per heavy atom. The van der Waals surface area contributed by atoms with Crippen molar-refractivity contribution < 1.29 is 4.39 Å². The van der Waals surface area contributed by atoms with Crippen molar-refractivity contribution in [3.05, 3.63) is 64.9 Å². The van der Waals surface area contributed by atoms with E-state index in [0.717, 1.165) is 67.3 Å². The number of aliphatic imine (C=N–C) groups is 1. The normalized spacial score (nSPS) is 25.3. The standard InChI is InChI=1S/C28H31FN6/c29-21-14-17(6-9-20(21)25-15-32-27(34-25)23-3-1-11-30-23)16-5-8-19-18(13-16)7-10-22-26(19)35-28(33-22)24-4-2-12-31-24/h5-6,8-9,13-14,23-25,30-31H,1-4,7,10-12,15H2,(H,32,34)(H,33,35)/t23-,24?,25?/m0/s1. The maximum atomic E-state index is 15.3. The number of amidine groups is 1. The Morgan fingerprint density at radius 3 is 2.46 bits per heavy atom. The van der Waals surface area contributed by atoms with Crippen LogP contribution in [0.1, 0.15) is 60.4 Å². The van der Waals surface area contributed by atoms with Gasteiger partial charge in [0.2, 0.25) is 0 Å². The van der Waals surface area contributed by atoms with Gasteiger partial charge in [0.05, 0.1) is 30.4 Å². The zero-order valence-corrected chi connectivity index (χ0v) is 19.8. The van der Waals surface area contributed by atoms with Gasteiger partial charge in [0.1, 0.15) is 17.5 Å². The SMILES string of the molecule is Fc1cc(-c2ccc3c(c2)CCc2[nH]c(C4CCCN4)nc2-3)ccc1C1CN=C([C@@H]2CCCN2)N1. The highest BCUT2D eigenvalue weighted by Crippen LogP contribution is 2.37. The lowest BCUT2D eigenvalue weighted by Crippen LogP contribution is -2.39. The van der Waals surface area contributed by atoms with Crippen LogP contribution in [-0.2, 0) is 12.8 Å². The van der Waals surface area contributed by atoms with E-state index in [1.165, 1.54) is 29.7 Å². The Labute approximate surface area is 204 Å². The van der Waals surface area contributed by atoms with Gasteiger partial charge in [-0.15, -0.1) is 0 Å². The number of fused-ring (bicyclic) bond motifs is 3. The molecule has 4 heterocycles. The molecule has 180 valence electrons. The molecule has 1 aromatic heterocycles. The number of imidazole rings is 1. The number of hydrogen-bond donors (Lipinski definition) is 4. The van der Waals surface area contributed by atoms with Crippen molar-refractivity contribution >= 4 is 5.84 Å². The fourth-order valence-electron chi connectivity index (χ4n) is 6.14. The molecule has 3 aliphatic heterocycles. The van der Waals surface area contributed by atoms with Gasteiger partial charge in [0.15, 0.2) is 0 Å². The molecule has 0 spiro atoms. The minimum atomic E-state index is -0.170. The Morgan fingerprint density at radius 1 is 0.857 bits per heavy atom. The highest BCUT2D eigenvalue weighted by molar-refractivity contribution is 5.89. The first-order chi connectivity index (χ1) is 17.2. The molecule has 3 atom stereocenters. The smallest absolute Gasteiger partial charge is 0.129 e. The van der Waals surface area contributed by atoms with Gasteiger partial charge in [-0.3, -0.25) is 4.99 Å². The first-order valence-electron chi connectivity index (χ1n) is 13.0. The van der Waals surface area contributed by atoms with Gasteiger partial charge >= 0.3 is 0 Å². The maximum Gasteiger partial charge on any atom is 0.129 e. The van der Waals surface area contributed by atoms with Crippen molar-refractivity contribution in [2.45, 2.75) is 56.7 Å². The summed E-state index contributed by atoms with van der Waals surface area (Å²) in [5.41, 5.74) is 7.47. The first kappa shape index (κ1) is 21.3. The molecular formula is C28H31FN6. The van der Waals surface area contributed by atoms with E-state index in [1.807, 2.05) is 12.1 Å². The summed E-state index contributed by atoms with van der Waals surface area (Å²) in [5.74, 6) is 1.88. The van der Waals surface area contributed by atoms with Crippen LogP contribution in [0.25, 0.3) is 22.4 Å². The average molecular weight is 471 g/mol. The van der Waals surface area contributed by atoms with Crippen molar-refractivity contribution in [3.8, 4) is 22.4 Å². The van der Waals surface area contributed by atoms with Gasteiger partial charge in [0.25, 0.3) is 0 Å². The summed E-state index contributed by atoms with van der Waals surface area (Å²) >= 11 is 0. The maximum absolute atomic E-state index is 15.3. The summed E-state index contributed by atoms with van der Waals surface area (Å²) in [6, 6.07) is 12.7. The second-order valence-corrected chi connectivity index (χ2v) is 10.3. The van der Waals surface area contributed by atoms with Crippen LogP contribution in [0, 0.1) is 5.82 Å². The van der Waals surface area contributed by atoms with Crippen LogP contribution in [0.3, 0.4) is 0 Å². The number of nitrogens with zero attached hydrogens (tertiary/aromatic N) is 2. The van der Waals surface area contributed by atoms with Crippen molar-refractivity contribution in [2.75, 3.05) is 19.6 Å². The third-order valence-corrected chi connectivity index (χ3v) is 8.06. The summed E-state index contributed by atoms with van der Waals surface area (Å²) < 4.78 is 15.3. The largest absolute Gasteiger partial charge is 0.364 e. The lowest BCUT2D eigenvalue weighted by atomic mass is 9.89. The van der Waals surface area contributed by atoms with E-state index in [9.17, 15) is 0 Å². The zero-order valence-electron chi connectivity index (χ0n) is 19.8. The van der Waals surface area contributed by atoms with E-state index in [-0.39, 0.29) is 11.9 Å². The molecule has 4 N–H and O–H groups in total. The third kappa shape index (κ3) is 3.78. The molecule has 0 saturated carbocycles. The minimum absolute atomic E-state index is 0.0911. The molecule has 4 aliphatic rings. The number of H-pyrrole nitrogens is 1. The molecule has 1 aliphatic carbocycles. The molecule has 2 saturated heterocycles. The third-order valence-electron chi connectivity index (χ3n) is 8.06. The summed E-state index contributed by atoms with van der Waals surface area (Å²) in [6.07, 6.45) is 6.54. The Bertz CT molecular complexity index is 1300. The first-order valence-corrected chi connectivity index (χ1v) is 13.0. The van der Waals surface area contributed by atoms with Crippen molar-refractivity contribution in [1.82, 2.24) is 25.9 Å². The van der Waals surface area contributed by atoms with Gasteiger partial charge in [0, 0.05) is 16.8 Å². The molecule has 0 amide bonds. The summed E-state index contributed by atoms with van der Waals surface area (Å²) in [4.78, 5) is 13.2. The molecule has 3 aromatic rings. The fourth-order valence-corrected chi connectivity index (χ4v) is 6.14. The molecule has 2 fully saturated rings. The average Bonchev–Trinajstić information content (AvgIpc) is 3.69. The van der Waals surface area contributed by atoms with Crippen LogP contribution in [0.5, 0.6) is 0 Å². The Kier molecular flexibility index (Phi) is 5.21. The fraction of sp³-hybridized carbons (Fsp3) is 0.429. The van der Waals surface area contributed by atoms with E-state index < -0.39 is 0 Å². The number of nitrogens with one attached hydrogen (secondary N) is 4. The van der Waals surface area contributed by atoms with Gasteiger partial charge in [-0.2, -0.15) is 0 Å². The number of rotatable bonds is 4.